The first-order valence-corrected chi connectivity index (χ1v) is 7.95. The van der Waals surface area contributed by atoms with Crippen LogP contribution in [0.25, 0.3) is 0 Å². The third-order valence-corrected chi connectivity index (χ3v) is 5.29. The normalized spacial score (nSPS) is 19.1. The molecule has 1 atom stereocenters. The summed E-state index contributed by atoms with van der Waals surface area (Å²) in [5, 5.41) is 9.33. The average molecular weight is 320 g/mol. The van der Waals surface area contributed by atoms with E-state index in [1.807, 2.05) is 6.92 Å². The number of aliphatic hydroxyl groups is 1. The van der Waals surface area contributed by atoms with E-state index in [9.17, 15) is 18.3 Å². The Morgan fingerprint density at radius 3 is 2.33 bits per heavy atom. The number of hydrogen-bond donors (Lipinski definition) is 1. The third kappa shape index (κ3) is 4.14. The highest BCUT2D eigenvalue weighted by atomic mass is 32.2. The van der Waals surface area contributed by atoms with Crippen LogP contribution in [0.4, 0.5) is 13.2 Å². The fourth-order valence-electron chi connectivity index (χ4n) is 2.16. The van der Waals surface area contributed by atoms with E-state index < -0.39 is 11.7 Å². The molecule has 0 amide bonds. The van der Waals surface area contributed by atoms with E-state index in [4.69, 9.17) is 4.74 Å². The molecular formula is C15H19F3O2S. The number of rotatable bonds is 6. The number of thioether (sulfide) groups is 1. The van der Waals surface area contributed by atoms with Crippen LogP contribution in [0.3, 0.4) is 0 Å². The lowest BCUT2D eigenvalue weighted by atomic mass is 9.90. The van der Waals surface area contributed by atoms with Crippen LogP contribution in [0.15, 0.2) is 24.3 Å². The minimum Gasteiger partial charge on any atom is -0.396 e. The summed E-state index contributed by atoms with van der Waals surface area (Å²) in [6, 6.07) is 5.35. The Kier molecular flexibility index (Phi) is 5.22. The van der Waals surface area contributed by atoms with Crippen molar-refractivity contribution in [1.82, 2.24) is 0 Å². The zero-order valence-corrected chi connectivity index (χ0v) is 12.6. The first kappa shape index (κ1) is 16.6. The molecule has 0 aromatic heterocycles. The zero-order valence-electron chi connectivity index (χ0n) is 11.8. The number of alkyl halides is 3. The van der Waals surface area contributed by atoms with Crippen molar-refractivity contribution in [2.24, 2.45) is 5.41 Å². The van der Waals surface area contributed by atoms with Gasteiger partial charge in [0.25, 0.3) is 0 Å². The predicted octanol–water partition coefficient (Wildman–Crippen LogP) is 3.55. The molecule has 6 heteroatoms. The Bertz CT molecular complexity index is 449. The van der Waals surface area contributed by atoms with E-state index in [-0.39, 0.29) is 17.9 Å². The highest BCUT2D eigenvalue weighted by Crippen LogP contribution is 2.34. The molecule has 2 nitrogen and oxygen atoms in total. The van der Waals surface area contributed by atoms with Crippen LogP contribution in [0.2, 0.25) is 0 Å². The maximum Gasteiger partial charge on any atom is 0.416 e. The Morgan fingerprint density at radius 1 is 1.29 bits per heavy atom. The Morgan fingerprint density at radius 2 is 1.90 bits per heavy atom. The molecule has 0 bridgehead atoms. The molecule has 0 radical (unpaired) electrons. The van der Waals surface area contributed by atoms with E-state index in [1.54, 1.807) is 23.9 Å². The van der Waals surface area contributed by atoms with Crippen LogP contribution in [0.1, 0.15) is 24.0 Å². The van der Waals surface area contributed by atoms with Crippen molar-refractivity contribution >= 4 is 11.8 Å². The second kappa shape index (κ2) is 6.58. The molecule has 21 heavy (non-hydrogen) atoms. The van der Waals surface area contributed by atoms with Crippen LogP contribution in [0.5, 0.6) is 0 Å². The summed E-state index contributed by atoms with van der Waals surface area (Å²) in [5.41, 5.74) is 0.167. The lowest BCUT2D eigenvalue weighted by molar-refractivity contribution is -0.137. The van der Waals surface area contributed by atoms with E-state index in [0.29, 0.717) is 13.2 Å². The highest BCUT2D eigenvalue weighted by Gasteiger charge is 2.37. The maximum atomic E-state index is 12.5. The summed E-state index contributed by atoms with van der Waals surface area (Å²) in [5.74, 6) is 1.80. The highest BCUT2D eigenvalue weighted by molar-refractivity contribution is 7.99. The van der Waals surface area contributed by atoms with Gasteiger partial charge in [-0.3, -0.25) is 0 Å². The number of aliphatic hydroxyl groups excluding tert-OH is 1. The van der Waals surface area contributed by atoms with Crippen molar-refractivity contribution in [2.45, 2.75) is 19.0 Å². The van der Waals surface area contributed by atoms with E-state index >= 15 is 0 Å². The van der Waals surface area contributed by atoms with E-state index in [0.717, 1.165) is 29.2 Å². The van der Waals surface area contributed by atoms with Crippen LogP contribution < -0.4 is 0 Å². The molecule has 0 aliphatic carbocycles. The summed E-state index contributed by atoms with van der Waals surface area (Å²) in [6.07, 6.45) is -4.28. The van der Waals surface area contributed by atoms with Crippen LogP contribution in [0, 0.1) is 5.41 Å². The van der Waals surface area contributed by atoms with Crippen LogP contribution in [-0.2, 0) is 10.9 Å². The SMILES string of the molecule is CC(CSCC1(CO)COC1)c1ccc(C(F)(F)F)cc1. The van der Waals surface area contributed by atoms with Gasteiger partial charge in [-0.25, -0.2) is 0 Å². The van der Waals surface area contributed by atoms with Gasteiger partial charge in [-0.1, -0.05) is 19.1 Å². The lowest BCUT2D eigenvalue weighted by Crippen LogP contribution is -2.47. The van der Waals surface area contributed by atoms with Crippen molar-refractivity contribution in [3.05, 3.63) is 35.4 Å². The van der Waals surface area contributed by atoms with E-state index in [1.165, 1.54) is 0 Å². The minimum atomic E-state index is -4.28. The number of hydrogen-bond acceptors (Lipinski definition) is 3. The second-order valence-corrected chi connectivity index (χ2v) is 6.72. The third-order valence-electron chi connectivity index (χ3n) is 3.74. The molecule has 0 spiro atoms. The van der Waals surface area contributed by atoms with E-state index in [2.05, 4.69) is 0 Å². The lowest BCUT2D eigenvalue weighted by Gasteiger charge is -2.39. The first-order valence-electron chi connectivity index (χ1n) is 6.80. The van der Waals surface area contributed by atoms with Gasteiger partial charge in [0.2, 0.25) is 0 Å². The van der Waals surface area contributed by atoms with Gasteiger partial charge in [-0.05, 0) is 29.4 Å². The van der Waals surface area contributed by atoms with Gasteiger partial charge in [0.15, 0.2) is 0 Å². The molecule has 2 rings (SSSR count). The van der Waals surface area contributed by atoms with Crippen molar-refractivity contribution in [3.8, 4) is 0 Å². The molecule has 1 N–H and O–H groups in total. The fraction of sp³-hybridized carbons (Fsp3) is 0.600. The maximum absolute atomic E-state index is 12.5. The summed E-state index contributed by atoms with van der Waals surface area (Å²) < 4.78 is 42.6. The standard InChI is InChI=1S/C15H19F3O2S/c1-11(6-21-10-14(7-19)8-20-9-14)12-2-4-13(5-3-12)15(16,17)18/h2-5,11,19H,6-10H2,1H3. The summed E-state index contributed by atoms with van der Waals surface area (Å²) >= 11 is 1.71. The average Bonchev–Trinajstić information content (AvgIpc) is 2.41. The van der Waals surface area contributed by atoms with Gasteiger partial charge in [0.05, 0.1) is 25.4 Å². The summed E-state index contributed by atoms with van der Waals surface area (Å²) in [7, 11) is 0. The minimum absolute atomic E-state index is 0.120. The quantitative estimate of drug-likeness (QED) is 0.869. The van der Waals surface area contributed by atoms with Gasteiger partial charge >= 0.3 is 6.18 Å². The Labute approximate surface area is 126 Å². The molecule has 1 unspecified atom stereocenters. The van der Waals surface area contributed by atoms with Crippen LogP contribution in [-0.4, -0.2) is 36.4 Å². The second-order valence-electron chi connectivity index (χ2n) is 5.69. The molecule has 1 heterocycles. The largest absolute Gasteiger partial charge is 0.416 e. The molecule has 0 saturated carbocycles. The number of halogens is 3. The van der Waals surface area contributed by atoms with Crippen LogP contribution >= 0.6 is 11.8 Å². The van der Waals surface area contributed by atoms with Crippen molar-refractivity contribution in [2.75, 3.05) is 31.3 Å². The topological polar surface area (TPSA) is 29.5 Å². The molecule has 1 aliphatic heterocycles. The van der Waals surface area contributed by atoms with Gasteiger partial charge in [0.1, 0.15) is 0 Å². The molecule has 1 saturated heterocycles. The number of ether oxygens (including phenoxy) is 1. The fourth-order valence-corrected chi connectivity index (χ4v) is 3.51. The zero-order chi connectivity index (χ0) is 15.5. The molecule has 1 fully saturated rings. The predicted molar refractivity (Wildman–Crippen MR) is 77.5 cm³/mol. The molecule has 1 aromatic carbocycles. The molecular weight excluding hydrogens is 301 g/mol. The molecule has 1 aromatic rings. The van der Waals surface area contributed by atoms with Gasteiger partial charge in [-0.15, -0.1) is 0 Å². The summed E-state index contributed by atoms with van der Waals surface area (Å²) in [6.45, 7) is 3.30. The Hall–Kier alpha value is -0.720. The number of benzene rings is 1. The molecule has 118 valence electrons. The Balaban J connectivity index is 1.84. The monoisotopic (exact) mass is 320 g/mol. The van der Waals surface area contributed by atoms with Gasteiger partial charge < -0.3 is 9.84 Å². The van der Waals surface area contributed by atoms with Crippen molar-refractivity contribution in [1.29, 1.82) is 0 Å². The first-order chi connectivity index (χ1) is 9.86. The van der Waals surface area contributed by atoms with Gasteiger partial charge in [-0.2, -0.15) is 24.9 Å². The van der Waals surface area contributed by atoms with Gasteiger partial charge in [0, 0.05) is 11.2 Å². The molecule has 1 aliphatic rings. The van der Waals surface area contributed by atoms with Crippen molar-refractivity contribution < 1.29 is 23.0 Å². The summed E-state index contributed by atoms with van der Waals surface area (Å²) in [4.78, 5) is 0. The smallest absolute Gasteiger partial charge is 0.396 e. The van der Waals surface area contributed by atoms with Crippen molar-refractivity contribution in [3.63, 3.8) is 0 Å².